The first-order valence-electron chi connectivity index (χ1n) is 8.35. The first-order valence-corrected chi connectivity index (χ1v) is 8.35. The van der Waals surface area contributed by atoms with Crippen LogP contribution in [-0.4, -0.2) is 46.8 Å². The molecule has 1 amide bonds. The van der Waals surface area contributed by atoms with Gasteiger partial charge in [0.05, 0.1) is 4.92 Å². The quantitative estimate of drug-likeness (QED) is 0.634. The molecular weight excluding hydrogens is 318 g/mol. The third kappa shape index (κ3) is 4.03. The number of hydrogen-bond donors (Lipinski definition) is 0. The zero-order chi connectivity index (χ0) is 17.8. The Bertz CT molecular complexity index is 766. The van der Waals surface area contributed by atoms with Crippen molar-refractivity contribution in [3.8, 4) is 0 Å². The summed E-state index contributed by atoms with van der Waals surface area (Å²) in [6.45, 7) is 6.00. The van der Waals surface area contributed by atoms with Gasteiger partial charge in [0.2, 0.25) is 0 Å². The highest BCUT2D eigenvalue weighted by atomic mass is 16.6. The molecule has 6 nitrogen and oxygen atoms in total. The molecule has 1 saturated heterocycles. The lowest BCUT2D eigenvalue weighted by Crippen LogP contribution is -2.48. The highest BCUT2D eigenvalue weighted by Crippen LogP contribution is 2.16. The van der Waals surface area contributed by atoms with Crippen LogP contribution >= 0.6 is 0 Å². The number of benzene rings is 2. The van der Waals surface area contributed by atoms with Gasteiger partial charge in [-0.25, -0.2) is 0 Å². The van der Waals surface area contributed by atoms with Crippen molar-refractivity contribution >= 4 is 11.6 Å². The molecule has 2 aromatic rings. The minimum Gasteiger partial charge on any atom is -0.336 e. The normalized spacial score (nSPS) is 15.2. The zero-order valence-electron chi connectivity index (χ0n) is 14.2. The second kappa shape index (κ2) is 7.44. The van der Waals surface area contributed by atoms with Gasteiger partial charge < -0.3 is 4.90 Å². The summed E-state index contributed by atoms with van der Waals surface area (Å²) in [7, 11) is 0. The molecule has 0 saturated carbocycles. The van der Waals surface area contributed by atoms with Crippen LogP contribution in [0.4, 0.5) is 5.69 Å². The number of nitrogens with zero attached hydrogens (tertiary/aromatic N) is 3. The van der Waals surface area contributed by atoms with Gasteiger partial charge in [-0.1, -0.05) is 24.3 Å². The number of hydrogen-bond acceptors (Lipinski definition) is 4. The Balaban J connectivity index is 1.57. The molecule has 1 aliphatic rings. The standard InChI is InChI=1S/C19H21N3O3/c1-15-4-2-3-5-17(15)14-20-10-12-21(13-11-20)19(23)16-6-8-18(9-7-16)22(24)25/h2-9H,10-14H2,1H3. The van der Waals surface area contributed by atoms with E-state index >= 15 is 0 Å². The number of carbonyl (C=O) groups is 1. The largest absolute Gasteiger partial charge is 0.336 e. The summed E-state index contributed by atoms with van der Waals surface area (Å²) in [5.74, 6) is -0.0644. The zero-order valence-corrected chi connectivity index (χ0v) is 14.2. The maximum Gasteiger partial charge on any atom is 0.269 e. The summed E-state index contributed by atoms with van der Waals surface area (Å²) < 4.78 is 0. The predicted molar refractivity (Wildman–Crippen MR) is 95.5 cm³/mol. The minimum absolute atomic E-state index is 0.000370. The van der Waals surface area contributed by atoms with Gasteiger partial charge in [0.15, 0.2) is 0 Å². The minimum atomic E-state index is -0.460. The van der Waals surface area contributed by atoms with Gasteiger partial charge in [0, 0.05) is 50.4 Å². The fourth-order valence-corrected chi connectivity index (χ4v) is 3.05. The molecule has 0 spiro atoms. The van der Waals surface area contributed by atoms with E-state index in [-0.39, 0.29) is 11.6 Å². The molecule has 130 valence electrons. The van der Waals surface area contributed by atoms with Gasteiger partial charge in [-0.3, -0.25) is 19.8 Å². The Kier molecular flexibility index (Phi) is 5.09. The summed E-state index contributed by atoms with van der Waals surface area (Å²) in [5.41, 5.74) is 3.10. The van der Waals surface area contributed by atoms with Gasteiger partial charge >= 0.3 is 0 Å². The highest BCUT2D eigenvalue weighted by molar-refractivity contribution is 5.94. The average molecular weight is 339 g/mol. The van der Waals surface area contributed by atoms with Gasteiger partial charge in [0.1, 0.15) is 0 Å². The molecule has 0 bridgehead atoms. The molecule has 0 unspecified atom stereocenters. The fourth-order valence-electron chi connectivity index (χ4n) is 3.05. The van der Waals surface area contributed by atoms with Crippen molar-refractivity contribution < 1.29 is 9.72 Å². The van der Waals surface area contributed by atoms with E-state index in [4.69, 9.17) is 0 Å². The molecule has 0 atom stereocenters. The summed E-state index contributed by atoms with van der Waals surface area (Å²) in [5, 5.41) is 10.7. The highest BCUT2D eigenvalue weighted by Gasteiger charge is 2.22. The van der Waals surface area contributed by atoms with Gasteiger partial charge in [-0.15, -0.1) is 0 Å². The monoisotopic (exact) mass is 339 g/mol. The van der Waals surface area contributed by atoms with E-state index in [2.05, 4.69) is 30.0 Å². The van der Waals surface area contributed by atoms with Crippen LogP contribution in [0.2, 0.25) is 0 Å². The molecule has 3 rings (SSSR count). The van der Waals surface area contributed by atoms with Crippen LogP contribution in [-0.2, 0) is 6.54 Å². The van der Waals surface area contributed by atoms with Crippen molar-refractivity contribution in [3.63, 3.8) is 0 Å². The van der Waals surface area contributed by atoms with Crippen LogP contribution < -0.4 is 0 Å². The maximum atomic E-state index is 12.5. The summed E-state index contributed by atoms with van der Waals surface area (Å²) in [6, 6.07) is 14.2. The molecule has 25 heavy (non-hydrogen) atoms. The average Bonchev–Trinajstić information content (AvgIpc) is 2.64. The van der Waals surface area contributed by atoms with Crippen molar-refractivity contribution in [2.75, 3.05) is 26.2 Å². The fraction of sp³-hybridized carbons (Fsp3) is 0.316. The lowest BCUT2D eigenvalue weighted by Gasteiger charge is -2.35. The van der Waals surface area contributed by atoms with E-state index in [1.165, 1.54) is 35.4 Å². The third-order valence-corrected chi connectivity index (χ3v) is 4.64. The maximum absolute atomic E-state index is 12.5. The molecule has 1 fully saturated rings. The topological polar surface area (TPSA) is 66.7 Å². The Morgan fingerprint density at radius 1 is 1.04 bits per heavy atom. The van der Waals surface area contributed by atoms with Crippen molar-refractivity contribution in [3.05, 3.63) is 75.3 Å². The molecule has 0 N–H and O–H groups in total. The number of piperazine rings is 1. The van der Waals surface area contributed by atoms with E-state index in [1.807, 2.05) is 11.0 Å². The molecule has 0 aromatic heterocycles. The smallest absolute Gasteiger partial charge is 0.269 e. The third-order valence-electron chi connectivity index (χ3n) is 4.64. The lowest BCUT2D eigenvalue weighted by atomic mass is 10.1. The molecule has 0 radical (unpaired) electrons. The molecule has 1 aliphatic heterocycles. The van der Waals surface area contributed by atoms with Gasteiger partial charge in [-0.05, 0) is 30.2 Å². The Morgan fingerprint density at radius 3 is 2.28 bits per heavy atom. The van der Waals surface area contributed by atoms with Crippen LogP contribution in [0, 0.1) is 17.0 Å². The second-order valence-electron chi connectivity index (χ2n) is 6.30. The number of amides is 1. The number of non-ortho nitro benzene ring substituents is 1. The SMILES string of the molecule is Cc1ccccc1CN1CCN(C(=O)c2ccc([N+](=O)[O-])cc2)CC1. The van der Waals surface area contributed by atoms with Gasteiger partial charge in [0.25, 0.3) is 11.6 Å². The van der Waals surface area contributed by atoms with Gasteiger partial charge in [-0.2, -0.15) is 0 Å². The van der Waals surface area contributed by atoms with Crippen LogP contribution in [0.5, 0.6) is 0 Å². The first kappa shape index (κ1) is 17.1. The van der Waals surface area contributed by atoms with E-state index < -0.39 is 4.92 Å². The van der Waals surface area contributed by atoms with Crippen molar-refractivity contribution in [2.45, 2.75) is 13.5 Å². The van der Waals surface area contributed by atoms with Crippen molar-refractivity contribution in [2.24, 2.45) is 0 Å². The van der Waals surface area contributed by atoms with E-state index in [0.29, 0.717) is 18.7 Å². The molecule has 6 heteroatoms. The molecular formula is C19H21N3O3. The van der Waals surface area contributed by atoms with E-state index in [1.54, 1.807) is 0 Å². The summed E-state index contributed by atoms with van der Waals surface area (Å²) >= 11 is 0. The molecule has 0 aliphatic carbocycles. The van der Waals surface area contributed by atoms with Crippen LogP contribution in [0.15, 0.2) is 48.5 Å². The number of nitro groups is 1. The summed E-state index contributed by atoms with van der Waals surface area (Å²) in [6.07, 6.45) is 0. The Labute approximate surface area is 146 Å². The van der Waals surface area contributed by atoms with Crippen LogP contribution in [0.3, 0.4) is 0 Å². The lowest BCUT2D eigenvalue weighted by molar-refractivity contribution is -0.384. The van der Waals surface area contributed by atoms with Crippen LogP contribution in [0.1, 0.15) is 21.5 Å². The van der Waals surface area contributed by atoms with E-state index in [0.717, 1.165) is 19.6 Å². The number of carbonyl (C=O) groups excluding carboxylic acids is 1. The molecule has 1 heterocycles. The number of aryl methyl sites for hydroxylation is 1. The van der Waals surface area contributed by atoms with Crippen molar-refractivity contribution in [1.82, 2.24) is 9.80 Å². The predicted octanol–water partition coefficient (Wildman–Crippen LogP) is 2.86. The number of rotatable bonds is 4. The summed E-state index contributed by atoms with van der Waals surface area (Å²) in [4.78, 5) is 26.9. The van der Waals surface area contributed by atoms with Crippen LogP contribution in [0.25, 0.3) is 0 Å². The Hall–Kier alpha value is -2.73. The molecule has 2 aromatic carbocycles. The Morgan fingerprint density at radius 2 is 1.68 bits per heavy atom. The number of nitro benzene ring substituents is 1. The van der Waals surface area contributed by atoms with E-state index in [9.17, 15) is 14.9 Å². The van der Waals surface area contributed by atoms with Crippen molar-refractivity contribution in [1.29, 1.82) is 0 Å². The first-order chi connectivity index (χ1) is 12.0. The second-order valence-corrected chi connectivity index (χ2v) is 6.30.